The highest BCUT2D eigenvalue weighted by atomic mass is 32.2. The number of carbonyl (C=O) groups excluding carboxylic acids is 1. The van der Waals surface area contributed by atoms with Crippen LogP contribution in [0, 0.1) is 18.8 Å². The Labute approximate surface area is 235 Å². The molecule has 5 rings (SSSR count). The molecule has 3 aromatic carbocycles. The molecule has 1 saturated carbocycles. The number of hydrogen-bond donors (Lipinski definition) is 1. The molecule has 9 heteroatoms. The van der Waals surface area contributed by atoms with Crippen molar-refractivity contribution in [2.75, 3.05) is 6.54 Å². The first-order valence-corrected chi connectivity index (χ1v) is 15.1. The Morgan fingerprint density at radius 1 is 0.900 bits per heavy atom. The fourth-order valence-electron chi connectivity index (χ4n) is 5.09. The summed E-state index contributed by atoms with van der Waals surface area (Å²) in [6.07, 6.45) is 2.98. The van der Waals surface area contributed by atoms with Crippen molar-refractivity contribution in [3.05, 3.63) is 102 Å². The minimum absolute atomic E-state index is 0.0198. The highest BCUT2D eigenvalue weighted by Gasteiger charge is 2.32. The summed E-state index contributed by atoms with van der Waals surface area (Å²) in [5.41, 5.74) is 3.04. The average molecular weight is 559 g/mol. The molecular weight excluding hydrogens is 524 g/mol. The van der Waals surface area contributed by atoms with Gasteiger partial charge in [-0.25, -0.2) is 8.42 Å². The monoisotopic (exact) mass is 558 g/mol. The molecule has 0 atom stereocenters. The number of aromatic nitrogens is 2. The summed E-state index contributed by atoms with van der Waals surface area (Å²) in [7, 11) is -3.80. The summed E-state index contributed by atoms with van der Waals surface area (Å²) in [4.78, 5) is 13.1. The second kappa shape index (κ2) is 12.6. The van der Waals surface area contributed by atoms with E-state index in [2.05, 4.69) is 15.5 Å². The lowest BCUT2D eigenvalue weighted by atomic mass is 9.81. The van der Waals surface area contributed by atoms with Crippen LogP contribution in [0.4, 0.5) is 0 Å². The van der Waals surface area contributed by atoms with Gasteiger partial charge in [-0.2, -0.15) is 4.31 Å². The van der Waals surface area contributed by atoms with E-state index in [9.17, 15) is 13.2 Å². The van der Waals surface area contributed by atoms with E-state index < -0.39 is 10.0 Å². The molecule has 1 heterocycles. The molecule has 0 radical (unpaired) electrons. The summed E-state index contributed by atoms with van der Waals surface area (Å²) >= 11 is 0. The first-order valence-electron chi connectivity index (χ1n) is 13.6. The molecule has 0 aliphatic heterocycles. The fraction of sp³-hybridized carbons (Fsp3) is 0.323. The number of hydrogen-bond acceptors (Lipinski definition) is 6. The zero-order valence-corrected chi connectivity index (χ0v) is 23.4. The Bertz CT molecular complexity index is 1500. The summed E-state index contributed by atoms with van der Waals surface area (Å²) in [5, 5.41) is 11.3. The first-order chi connectivity index (χ1) is 19.4. The number of nitrogens with one attached hydrogen (secondary N) is 1. The zero-order valence-electron chi connectivity index (χ0n) is 22.6. The van der Waals surface area contributed by atoms with Gasteiger partial charge in [0.25, 0.3) is 0 Å². The number of sulfonamides is 1. The molecule has 40 heavy (non-hydrogen) atoms. The maximum atomic E-state index is 13.7. The minimum Gasteiger partial charge on any atom is -0.419 e. The molecule has 0 unspecified atom stereocenters. The van der Waals surface area contributed by atoms with Crippen molar-refractivity contribution in [2.45, 2.75) is 50.6 Å². The van der Waals surface area contributed by atoms with Crippen LogP contribution >= 0.6 is 0 Å². The number of amides is 1. The maximum absolute atomic E-state index is 13.7. The molecule has 208 valence electrons. The molecule has 0 saturated heterocycles. The fourth-order valence-corrected chi connectivity index (χ4v) is 6.58. The lowest BCUT2D eigenvalue weighted by Crippen LogP contribution is -2.38. The van der Waals surface area contributed by atoms with Gasteiger partial charge in [-0.3, -0.25) is 4.79 Å². The van der Waals surface area contributed by atoms with Crippen LogP contribution in [0.2, 0.25) is 0 Å². The molecule has 1 aliphatic carbocycles. The summed E-state index contributed by atoms with van der Waals surface area (Å²) < 4.78 is 34.6. The van der Waals surface area contributed by atoms with Gasteiger partial charge in [-0.15, -0.1) is 10.2 Å². The number of aryl methyl sites for hydroxylation is 1. The highest BCUT2D eigenvalue weighted by molar-refractivity contribution is 7.89. The van der Waals surface area contributed by atoms with Crippen molar-refractivity contribution in [2.24, 2.45) is 11.8 Å². The molecule has 1 aliphatic rings. The molecule has 4 aromatic rings. The number of benzene rings is 3. The van der Waals surface area contributed by atoms with E-state index >= 15 is 0 Å². The Hall–Kier alpha value is -3.82. The molecule has 0 spiro atoms. The Morgan fingerprint density at radius 3 is 2.23 bits per heavy atom. The predicted molar refractivity (Wildman–Crippen MR) is 152 cm³/mol. The van der Waals surface area contributed by atoms with Gasteiger partial charge in [-0.05, 0) is 68.4 Å². The number of carbonyl (C=O) groups is 1. The summed E-state index contributed by atoms with van der Waals surface area (Å²) in [6, 6.07) is 25.9. The molecule has 8 nitrogen and oxygen atoms in total. The van der Waals surface area contributed by atoms with Gasteiger partial charge in [0, 0.05) is 24.6 Å². The van der Waals surface area contributed by atoms with Gasteiger partial charge in [0.15, 0.2) is 0 Å². The quantitative estimate of drug-likeness (QED) is 0.281. The van der Waals surface area contributed by atoms with E-state index in [1.807, 2.05) is 61.5 Å². The van der Waals surface area contributed by atoms with Crippen LogP contribution in [0.1, 0.15) is 42.7 Å². The van der Waals surface area contributed by atoms with Crippen molar-refractivity contribution in [3.63, 3.8) is 0 Å². The van der Waals surface area contributed by atoms with Crippen molar-refractivity contribution >= 4 is 15.9 Å². The molecule has 0 bridgehead atoms. The highest BCUT2D eigenvalue weighted by Crippen LogP contribution is 2.32. The third-order valence-corrected chi connectivity index (χ3v) is 9.27. The maximum Gasteiger partial charge on any atom is 0.247 e. The van der Waals surface area contributed by atoms with Gasteiger partial charge < -0.3 is 9.73 Å². The van der Waals surface area contributed by atoms with E-state index in [-0.39, 0.29) is 35.1 Å². The van der Waals surface area contributed by atoms with E-state index in [0.29, 0.717) is 19.0 Å². The molecule has 1 N–H and O–H groups in total. The molecular formula is C31H34N4O4S. The summed E-state index contributed by atoms with van der Waals surface area (Å²) in [5.74, 6) is 0.709. The third-order valence-electron chi connectivity index (χ3n) is 7.45. The standard InChI is InChI=1S/C31H34N4O4S/c1-23-12-14-24(15-13-23)20-32-30(36)26-18-16-25(17-19-26)21-35(40(37,38)28-10-6-3-7-11-28)22-29-33-34-31(39-29)27-8-4-2-5-9-27/h2-15,25-26H,16-22H2,1H3,(H,32,36). The number of rotatable bonds is 10. The second-order valence-corrected chi connectivity index (χ2v) is 12.3. The van der Waals surface area contributed by atoms with Crippen LogP contribution in [0.25, 0.3) is 11.5 Å². The Morgan fingerprint density at radius 2 is 1.55 bits per heavy atom. The zero-order chi connectivity index (χ0) is 28.0. The van der Waals surface area contributed by atoms with Crippen molar-refractivity contribution in [3.8, 4) is 11.5 Å². The van der Waals surface area contributed by atoms with Crippen molar-refractivity contribution in [1.82, 2.24) is 19.8 Å². The van der Waals surface area contributed by atoms with Crippen LogP contribution in [0.3, 0.4) is 0 Å². The largest absolute Gasteiger partial charge is 0.419 e. The van der Waals surface area contributed by atoms with Crippen molar-refractivity contribution in [1.29, 1.82) is 0 Å². The van der Waals surface area contributed by atoms with Crippen LogP contribution in [0.5, 0.6) is 0 Å². The van der Waals surface area contributed by atoms with Crippen LogP contribution in [-0.2, 0) is 27.9 Å². The third kappa shape index (κ3) is 6.84. The topological polar surface area (TPSA) is 105 Å². The van der Waals surface area contributed by atoms with Crippen LogP contribution < -0.4 is 5.32 Å². The van der Waals surface area contributed by atoms with Gasteiger partial charge >= 0.3 is 0 Å². The van der Waals surface area contributed by atoms with E-state index in [0.717, 1.165) is 36.8 Å². The van der Waals surface area contributed by atoms with Gasteiger partial charge in [-0.1, -0.05) is 66.2 Å². The second-order valence-electron chi connectivity index (χ2n) is 10.4. The molecule has 1 fully saturated rings. The average Bonchev–Trinajstić information content (AvgIpc) is 3.46. The molecule has 1 amide bonds. The lowest BCUT2D eigenvalue weighted by Gasteiger charge is -2.31. The number of nitrogens with zero attached hydrogens (tertiary/aromatic N) is 3. The van der Waals surface area contributed by atoms with E-state index in [1.165, 1.54) is 9.87 Å². The van der Waals surface area contributed by atoms with E-state index in [1.54, 1.807) is 30.3 Å². The van der Waals surface area contributed by atoms with Crippen molar-refractivity contribution < 1.29 is 17.6 Å². The minimum atomic E-state index is -3.80. The first kappa shape index (κ1) is 27.7. The van der Waals surface area contributed by atoms with Crippen LogP contribution in [0.15, 0.2) is 94.2 Å². The SMILES string of the molecule is Cc1ccc(CNC(=O)C2CCC(CN(Cc3nnc(-c4ccccc4)o3)S(=O)(=O)c3ccccc3)CC2)cc1. The molecule has 1 aromatic heterocycles. The van der Waals surface area contributed by atoms with E-state index in [4.69, 9.17) is 4.42 Å². The Balaban J connectivity index is 1.24. The smallest absolute Gasteiger partial charge is 0.247 e. The predicted octanol–water partition coefficient (Wildman–Crippen LogP) is 5.36. The van der Waals surface area contributed by atoms with Crippen LogP contribution in [-0.4, -0.2) is 35.4 Å². The normalized spacial score (nSPS) is 17.6. The Kier molecular flexibility index (Phi) is 8.72. The van der Waals surface area contributed by atoms with Gasteiger partial charge in [0.2, 0.25) is 27.7 Å². The summed E-state index contributed by atoms with van der Waals surface area (Å²) in [6.45, 7) is 2.85. The lowest BCUT2D eigenvalue weighted by molar-refractivity contribution is -0.126. The van der Waals surface area contributed by atoms with Gasteiger partial charge in [0.05, 0.1) is 11.4 Å². The van der Waals surface area contributed by atoms with Gasteiger partial charge in [0.1, 0.15) is 0 Å².